The van der Waals surface area contributed by atoms with Crippen LogP contribution < -0.4 is 10.2 Å². The normalized spacial score (nSPS) is 13.8. The number of ether oxygens (including phenoxy) is 1. The monoisotopic (exact) mass is 496 g/mol. The molecule has 0 heterocycles. The van der Waals surface area contributed by atoms with Crippen LogP contribution in [-0.4, -0.2) is 24.9 Å². The largest absolute Gasteiger partial charge is 0.466 e. The predicted molar refractivity (Wildman–Crippen MR) is 146 cm³/mol. The molecule has 1 saturated carbocycles. The molecule has 3 aromatic rings. The quantitative estimate of drug-likeness (QED) is 0.296. The SMILES string of the molecule is COC(=O)/C=C/c1cccc(N(Cc2ccc(C(=O)Nc3ccccc3)cc2)C(=O)C2CCCCC2)c1. The first kappa shape index (κ1) is 25.9. The van der Waals surface area contributed by atoms with Gasteiger partial charge < -0.3 is 15.0 Å². The third-order valence-corrected chi connectivity index (χ3v) is 6.60. The van der Waals surface area contributed by atoms with Gasteiger partial charge in [0, 0.05) is 28.9 Å². The maximum atomic E-state index is 13.7. The van der Waals surface area contributed by atoms with Crippen LogP contribution in [0.4, 0.5) is 11.4 Å². The van der Waals surface area contributed by atoms with Crippen molar-refractivity contribution in [2.75, 3.05) is 17.3 Å². The molecule has 0 aromatic heterocycles. The molecular weight excluding hydrogens is 464 g/mol. The maximum absolute atomic E-state index is 13.7. The van der Waals surface area contributed by atoms with Gasteiger partial charge in [-0.25, -0.2) is 4.79 Å². The summed E-state index contributed by atoms with van der Waals surface area (Å²) in [5.41, 5.74) is 3.79. The molecule has 190 valence electrons. The molecule has 4 rings (SSSR count). The van der Waals surface area contributed by atoms with Crippen LogP contribution in [0.3, 0.4) is 0 Å². The number of carbonyl (C=O) groups excluding carboxylic acids is 3. The van der Waals surface area contributed by atoms with Crippen molar-refractivity contribution in [3.63, 3.8) is 0 Å². The van der Waals surface area contributed by atoms with Crippen molar-refractivity contribution in [2.24, 2.45) is 5.92 Å². The number of amides is 2. The summed E-state index contributed by atoms with van der Waals surface area (Å²) in [4.78, 5) is 39.7. The molecule has 3 aromatic carbocycles. The summed E-state index contributed by atoms with van der Waals surface area (Å²) >= 11 is 0. The topological polar surface area (TPSA) is 75.7 Å². The van der Waals surface area contributed by atoms with Crippen LogP contribution in [0.2, 0.25) is 0 Å². The first-order valence-corrected chi connectivity index (χ1v) is 12.7. The fourth-order valence-corrected chi connectivity index (χ4v) is 4.56. The van der Waals surface area contributed by atoms with E-state index in [9.17, 15) is 14.4 Å². The minimum Gasteiger partial charge on any atom is -0.466 e. The van der Waals surface area contributed by atoms with Gasteiger partial charge in [0.2, 0.25) is 5.91 Å². The van der Waals surface area contributed by atoms with Gasteiger partial charge >= 0.3 is 5.97 Å². The third-order valence-electron chi connectivity index (χ3n) is 6.60. The molecule has 37 heavy (non-hydrogen) atoms. The number of anilines is 2. The average Bonchev–Trinajstić information content (AvgIpc) is 2.95. The van der Waals surface area contributed by atoms with E-state index in [0.29, 0.717) is 12.1 Å². The van der Waals surface area contributed by atoms with Crippen LogP contribution in [-0.2, 0) is 20.9 Å². The standard InChI is InChI=1S/C31H32N2O4/c1-37-29(34)20-17-23-9-8-14-28(21-23)33(31(36)26-10-4-2-5-11-26)22-24-15-18-25(19-16-24)30(35)32-27-12-6-3-7-13-27/h3,6-9,12-21,26H,2,4-5,10-11,22H2,1H3,(H,32,35)/b20-17+. The van der Waals surface area contributed by atoms with Crippen LogP contribution >= 0.6 is 0 Å². The van der Waals surface area contributed by atoms with Crippen molar-refractivity contribution in [3.8, 4) is 0 Å². The summed E-state index contributed by atoms with van der Waals surface area (Å²) in [7, 11) is 1.34. The van der Waals surface area contributed by atoms with E-state index in [4.69, 9.17) is 0 Å². The minimum atomic E-state index is -0.433. The van der Waals surface area contributed by atoms with Crippen LogP contribution in [0.15, 0.2) is 84.9 Å². The van der Waals surface area contributed by atoms with Gasteiger partial charge in [0.15, 0.2) is 0 Å². The highest BCUT2D eigenvalue weighted by Crippen LogP contribution is 2.29. The first-order chi connectivity index (χ1) is 18.0. The van der Waals surface area contributed by atoms with Crippen LogP contribution in [0.5, 0.6) is 0 Å². The Kier molecular flexibility index (Phi) is 8.87. The lowest BCUT2D eigenvalue weighted by atomic mass is 9.88. The first-order valence-electron chi connectivity index (χ1n) is 12.7. The Bertz CT molecular complexity index is 1250. The van der Waals surface area contributed by atoms with E-state index in [1.165, 1.54) is 19.6 Å². The van der Waals surface area contributed by atoms with E-state index in [1.807, 2.05) is 71.6 Å². The molecule has 1 aliphatic carbocycles. The van der Waals surface area contributed by atoms with Crippen molar-refractivity contribution in [3.05, 3.63) is 102 Å². The van der Waals surface area contributed by atoms with Gasteiger partial charge in [0.05, 0.1) is 13.7 Å². The zero-order chi connectivity index (χ0) is 26.0. The molecule has 0 radical (unpaired) electrons. The Balaban J connectivity index is 1.55. The van der Waals surface area contributed by atoms with Crippen LogP contribution in [0.25, 0.3) is 6.08 Å². The number of nitrogens with one attached hydrogen (secondary N) is 1. The smallest absolute Gasteiger partial charge is 0.330 e. The third kappa shape index (κ3) is 7.17. The number of benzene rings is 3. The molecule has 0 aliphatic heterocycles. The van der Waals surface area contributed by atoms with Crippen LogP contribution in [0, 0.1) is 5.92 Å². The summed E-state index contributed by atoms with van der Waals surface area (Å²) in [6.07, 6.45) is 8.15. The number of hydrogen-bond acceptors (Lipinski definition) is 4. The molecular formula is C31H32N2O4. The lowest BCUT2D eigenvalue weighted by molar-refractivity contribution is -0.134. The zero-order valence-corrected chi connectivity index (χ0v) is 21.1. The number of methoxy groups -OCH3 is 1. The van der Waals surface area contributed by atoms with Gasteiger partial charge in [0.25, 0.3) is 5.91 Å². The second-order valence-corrected chi connectivity index (χ2v) is 9.23. The number of rotatable bonds is 8. The summed E-state index contributed by atoms with van der Waals surface area (Å²) in [5.74, 6) is -0.506. The summed E-state index contributed by atoms with van der Waals surface area (Å²) in [5, 5.41) is 2.89. The van der Waals surface area contributed by atoms with Gasteiger partial charge in [-0.3, -0.25) is 9.59 Å². The Morgan fingerprint density at radius 3 is 2.35 bits per heavy atom. The predicted octanol–water partition coefficient (Wildman–Crippen LogP) is 6.24. The highest BCUT2D eigenvalue weighted by Gasteiger charge is 2.27. The molecule has 0 atom stereocenters. The van der Waals surface area contributed by atoms with Crippen LogP contribution in [0.1, 0.15) is 53.6 Å². The number of esters is 1. The Labute approximate surface area is 218 Å². The van der Waals surface area contributed by atoms with Gasteiger partial charge in [0.1, 0.15) is 0 Å². The lowest BCUT2D eigenvalue weighted by Crippen LogP contribution is -2.36. The van der Waals surface area contributed by atoms with E-state index in [0.717, 1.165) is 48.2 Å². The van der Waals surface area contributed by atoms with Crippen molar-refractivity contribution in [1.29, 1.82) is 0 Å². The second kappa shape index (κ2) is 12.7. The van der Waals surface area contributed by atoms with E-state index < -0.39 is 5.97 Å². The molecule has 0 saturated heterocycles. The van der Waals surface area contributed by atoms with Gasteiger partial charge in [-0.15, -0.1) is 0 Å². The van der Waals surface area contributed by atoms with Gasteiger partial charge in [-0.05, 0) is 66.4 Å². The summed E-state index contributed by atoms with van der Waals surface area (Å²) in [6, 6.07) is 24.3. The zero-order valence-electron chi connectivity index (χ0n) is 21.1. The van der Waals surface area contributed by atoms with E-state index in [-0.39, 0.29) is 17.7 Å². The van der Waals surface area contributed by atoms with E-state index >= 15 is 0 Å². The Morgan fingerprint density at radius 1 is 0.919 bits per heavy atom. The van der Waals surface area contributed by atoms with Gasteiger partial charge in [-0.1, -0.05) is 61.7 Å². The van der Waals surface area contributed by atoms with Crippen molar-refractivity contribution >= 4 is 35.2 Å². The fourth-order valence-electron chi connectivity index (χ4n) is 4.56. The average molecular weight is 497 g/mol. The van der Waals surface area contributed by atoms with E-state index in [2.05, 4.69) is 10.1 Å². The molecule has 0 bridgehead atoms. The number of para-hydroxylation sites is 1. The van der Waals surface area contributed by atoms with Crippen molar-refractivity contribution < 1.29 is 19.1 Å². The van der Waals surface area contributed by atoms with Crippen molar-refractivity contribution in [1.82, 2.24) is 0 Å². The van der Waals surface area contributed by atoms with Gasteiger partial charge in [-0.2, -0.15) is 0 Å². The fraction of sp³-hybridized carbons (Fsp3) is 0.258. The molecule has 1 fully saturated rings. The minimum absolute atomic E-state index is 0.000981. The number of nitrogens with zero attached hydrogens (tertiary/aromatic N) is 1. The number of hydrogen-bond donors (Lipinski definition) is 1. The maximum Gasteiger partial charge on any atom is 0.330 e. The molecule has 6 nitrogen and oxygen atoms in total. The Hall–Kier alpha value is -4.19. The second-order valence-electron chi connectivity index (χ2n) is 9.23. The van der Waals surface area contributed by atoms with E-state index in [1.54, 1.807) is 18.2 Å². The summed E-state index contributed by atoms with van der Waals surface area (Å²) in [6.45, 7) is 0.389. The molecule has 1 N–H and O–H groups in total. The summed E-state index contributed by atoms with van der Waals surface area (Å²) < 4.78 is 4.69. The Morgan fingerprint density at radius 2 is 1.65 bits per heavy atom. The highest BCUT2D eigenvalue weighted by molar-refractivity contribution is 6.04. The van der Waals surface area contributed by atoms with Crippen molar-refractivity contribution in [2.45, 2.75) is 38.6 Å². The lowest BCUT2D eigenvalue weighted by Gasteiger charge is -2.30. The molecule has 6 heteroatoms. The molecule has 0 spiro atoms. The molecule has 0 unspecified atom stereocenters. The highest BCUT2D eigenvalue weighted by atomic mass is 16.5. The molecule has 2 amide bonds. The molecule has 1 aliphatic rings. The number of carbonyl (C=O) groups is 3.